The first-order valence-corrected chi connectivity index (χ1v) is 7.66. The van der Waals surface area contributed by atoms with E-state index in [1.807, 2.05) is 32.0 Å². The third-order valence-corrected chi connectivity index (χ3v) is 4.46. The number of hydrogen-bond donors (Lipinski definition) is 0. The SMILES string of the molecule is COC(=O)c1sc(-c2cccc(C)c2)c(C)c1OCC(C)=O. The van der Waals surface area contributed by atoms with Crippen molar-refractivity contribution in [1.29, 1.82) is 0 Å². The van der Waals surface area contributed by atoms with Crippen LogP contribution in [-0.4, -0.2) is 25.5 Å². The van der Waals surface area contributed by atoms with Gasteiger partial charge in [-0.15, -0.1) is 11.3 Å². The first-order chi connectivity index (χ1) is 10.4. The molecule has 0 aliphatic carbocycles. The zero-order valence-electron chi connectivity index (χ0n) is 13.1. The van der Waals surface area contributed by atoms with Gasteiger partial charge in [0.25, 0.3) is 0 Å². The summed E-state index contributed by atoms with van der Waals surface area (Å²) in [5, 5.41) is 0. The van der Waals surface area contributed by atoms with Crippen LogP contribution in [0.2, 0.25) is 0 Å². The Bertz CT molecular complexity index is 715. The van der Waals surface area contributed by atoms with Crippen molar-refractivity contribution in [2.45, 2.75) is 20.8 Å². The quantitative estimate of drug-likeness (QED) is 0.787. The molecule has 0 aliphatic rings. The van der Waals surface area contributed by atoms with Gasteiger partial charge in [-0.2, -0.15) is 0 Å². The van der Waals surface area contributed by atoms with Crippen molar-refractivity contribution in [3.05, 3.63) is 40.3 Å². The van der Waals surface area contributed by atoms with E-state index in [2.05, 4.69) is 6.07 Å². The number of carbonyl (C=O) groups excluding carboxylic acids is 2. The van der Waals surface area contributed by atoms with Crippen molar-refractivity contribution in [2.75, 3.05) is 13.7 Å². The van der Waals surface area contributed by atoms with Gasteiger partial charge < -0.3 is 9.47 Å². The Balaban J connectivity index is 2.52. The molecule has 2 aromatic rings. The molecule has 0 fully saturated rings. The molecule has 5 heteroatoms. The molecular weight excluding hydrogens is 300 g/mol. The lowest BCUT2D eigenvalue weighted by atomic mass is 10.1. The average Bonchev–Trinajstić information content (AvgIpc) is 2.81. The third-order valence-electron chi connectivity index (χ3n) is 3.16. The van der Waals surface area contributed by atoms with Crippen molar-refractivity contribution < 1.29 is 19.1 Å². The van der Waals surface area contributed by atoms with Crippen LogP contribution in [0.4, 0.5) is 0 Å². The molecule has 0 aliphatic heterocycles. The van der Waals surface area contributed by atoms with E-state index in [4.69, 9.17) is 9.47 Å². The van der Waals surface area contributed by atoms with Crippen LogP contribution in [0.15, 0.2) is 24.3 Å². The van der Waals surface area contributed by atoms with E-state index < -0.39 is 5.97 Å². The first-order valence-electron chi connectivity index (χ1n) is 6.85. The normalized spacial score (nSPS) is 10.4. The molecule has 0 saturated carbocycles. The van der Waals surface area contributed by atoms with Crippen molar-refractivity contribution >= 4 is 23.1 Å². The minimum atomic E-state index is -0.453. The summed E-state index contributed by atoms with van der Waals surface area (Å²) in [4.78, 5) is 24.5. The second kappa shape index (κ2) is 6.75. The molecule has 1 aromatic carbocycles. The highest BCUT2D eigenvalue weighted by Crippen LogP contribution is 2.41. The number of rotatable bonds is 5. The maximum atomic E-state index is 12.0. The molecule has 0 bridgehead atoms. The molecule has 4 nitrogen and oxygen atoms in total. The Morgan fingerprint density at radius 2 is 1.95 bits per heavy atom. The lowest BCUT2D eigenvalue weighted by Crippen LogP contribution is -2.09. The van der Waals surface area contributed by atoms with Gasteiger partial charge in [0.2, 0.25) is 0 Å². The summed E-state index contributed by atoms with van der Waals surface area (Å²) >= 11 is 1.32. The minimum Gasteiger partial charge on any atom is -0.484 e. The van der Waals surface area contributed by atoms with E-state index >= 15 is 0 Å². The van der Waals surface area contributed by atoms with Crippen LogP contribution in [0.5, 0.6) is 5.75 Å². The van der Waals surface area contributed by atoms with Gasteiger partial charge >= 0.3 is 5.97 Å². The van der Waals surface area contributed by atoms with Gasteiger partial charge in [-0.1, -0.05) is 29.8 Å². The number of ketones is 1. The van der Waals surface area contributed by atoms with Crippen molar-refractivity contribution in [1.82, 2.24) is 0 Å². The maximum Gasteiger partial charge on any atom is 0.351 e. The molecule has 1 aromatic heterocycles. The average molecular weight is 318 g/mol. The highest BCUT2D eigenvalue weighted by atomic mass is 32.1. The van der Waals surface area contributed by atoms with E-state index in [1.54, 1.807) is 0 Å². The zero-order chi connectivity index (χ0) is 16.3. The topological polar surface area (TPSA) is 52.6 Å². The number of ether oxygens (including phenoxy) is 2. The lowest BCUT2D eigenvalue weighted by Gasteiger charge is -2.06. The zero-order valence-corrected chi connectivity index (χ0v) is 13.9. The van der Waals surface area contributed by atoms with Gasteiger partial charge in [-0.25, -0.2) is 4.79 Å². The number of Topliss-reactive ketones (excluding diaryl/α,β-unsaturated/α-hetero) is 1. The second-order valence-electron chi connectivity index (χ2n) is 5.07. The Morgan fingerprint density at radius 3 is 2.55 bits per heavy atom. The van der Waals surface area contributed by atoms with Crippen LogP contribution in [0, 0.1) is 13.8 Å². The molecule has 0 N–H and O–H groups in total. The van der Waals surface area contributed by atoms with Gasteiger partial charge in [0.15, 0.2) is 10.7 Å². The Labute approximate surface area is 133 Å². The summed E-state index contributed by atoms with van der Waals surface area (Å²) in [7, 11) is 1.33. The van der Waals surface area contributed by atoms with Gasteiger partial charge in [-0.05, 0) is 26.3 Å². The smallest absolute Gasteiger partial charge is 0.351 e. The van der Waals surface area contributed by atoms with Gasteiger partial charge in [0, 0.05) is 10.4 Å². The van der Waals surface area contributed by atoms with Crippen molar-refractivity contribution in [2.24, 2.45) is 0 Å². The molecule has 116 valence electrons. The molecular formula is C17H18O4S. The van der Waals surface area contributed by atoms with Crippen molar-refractivity contribution in [3.8, 4) is 16.2 Å². The van der Waals surface area contributed by atoms with Crippen LogP contribution in [0.25, 0.3) is 10.4 Å². The summed E-state index contributed by atoms with van der Waals surface area (Å²) in [6, 6.07) is 8.02. The number of thiophene rings is 1. The van der Waals surface area contributed by atoms with E-state index in [1.165, 1.54) is 25.4 Å². The lowest BCUT2D eigenvalue weighted by molar-refractivity contribution is -0.118. The molecule has 2 rings (SSSR count). The fourth-order valence-corrected chi connectivity index (χ4v) is 3.30. The number of hydrogen-bond acceptors (Lipinski definition) is 5. The minimum absolute atomic E-state index is 0.0607. The standard InChI is InChI=1S/C17H18O4S/c1-10-6-5-7-13(8-10)15-12(3)14(21-9-11(2)18)16(22-15)17(19)20-4/h5-8H,9H2,1-4H3. The number of aryl methyl sites for hydroxylation is 1. The van der Waals surface area contributed by atoms with E-state index in [-0.39, 0.29) is 12.4 Å². The molecule has 0 saturated heterocycles. The molecule has 22 heavy (non-hydrogen) atoms. The molecule has 0 atom stereocenters. The fraction of sp³-hybridized carbons (Fsp3) is 0.294. The molecule has 1 heterocycles. The van der Waals surface area contributed by atoms with Gasteiger partial charge in [0.1, 0.15) is 12.4 Å². The first kappa shape index (κ1) is 16.2. The van der Waals surface area contributed by atoms with E-state index in [0.29, 0.717) is 10.6 Å². The predicted octanol–water partition coefficient (Wildman–Crippen LogP) is 3.79. The molecule has 0 amide bonds. The number of methoxy groups -OCH3 is 1. The Hall–Kier alpha value is -2.14. The van der Waals surface area contributed by atoms with Gasteiger partial charge in [-0.3, -0.25) is 4.79 Å². The summed E-state index contributed by atoms with van der Waals surface area (Å²) in [5.41, 5.74) is 3.00. The molecule has 0 radical (unpaired) electrons. The predicted molar refractivity (Wildman–Crippen MR) is 86.7 cm³/mol. The monoisotopic (exact) mass is 318 g/mol. The number of benzene rings is 1. The highest BCUT2D eigenvalue weighted by molar-refractivity contribution is 7.18. The Morgan fingerprint density at radius 1 is 1.23 bits per heavy atom. The number of esters is 1. The second-order valence-corrected chi connectivity index (χ2v) is 6.09. The maximum absolute atomic E-state index is 12.0. The fourth-order valence-electron chi connectivity index (χ4n) is 2.13. The largest absolute Gasteiger partial charge is 0.484 e. The van der Waals surface area contributed by atoms with Gasteiger partial charge in [0.05, 0.1) is 7.11 Å². The molecule has 0 unspecified atom stereocenters. The van der Waals surface area contributed by atoms with Crippen LogP contribution >= 0.6 is 11.3 Å². The highest BCUT2D eigenvalue weighted by Gasteiger charge is 2.23. The summed E-state index contributed by atoms with van der Waals surface area (Å²) in [6.45, 7) is 5.28. The number of carbonyl (C=O) groups is 2. The van der Waals surface area contributed by atoms with Crippen LogP contribution in [0.3, 0.4) is 0 Å². The van der Waals surface area contributed by atoms with Crippen LogP contribution in [-0.2, 0) is 9.53 Å². The Kier molecular flexibility index (Phi) is 4.98. The summed E-state index contributed by atoms with van der Waals surface area (Å²) in [5.74, 6) is -0.118. The van der Waals surface area contributed by atoms with E-state index in [0.717, 1.165) is 21.6 Å². The van der Waals surface area contributed by atoms with Crippen LogP contribution in [0.1, 0.15) is 27.7 Å². The summed E-state index contributed by atoms with van der Waals surface area (Å²) < 4.78 is 10.4. The summed E-state index contributed by atoms with van der Waals surface area (Å²) in [6.07, 6.45) is 0. The van der Waals surface area contributed by atoms with E-state index in [9.17, 15) is 9.59 Å². The van der Waals surface area contributed by atoms with Crippen LogP contribution < -0.4 is 4.74 Å². The third kappa shape index (κ3) is 3.36. The molecule has 0 spiro atoms. The van der Waals surface area contributed by atoms with Crippen molar-refractivity contribution in [3.63, 3.8) is 0 Å².